The van der Waals surface area contributed by atoms with Crippen molar-refractivity contribution in [1.29, 1.82) is 0 Å². The lowest BCUT2D eigenvalue weighted by Crippen LogP contribution is -2.46. The van der Waals surface area contributed by atoms with Gasteiger partial charge in [0.2, 0.25) is 5.91 Å². The number of para-hydroxylation sites is 4. The van der Waals surface area contributed by atoms with Crippen LogP contribution in [0.15, 0.2) is 77.6 Å². The van der Waals surface area contributed by atoms with Crippen LogP contribution in [0, 0.1) is 0 Å². The number of methoxy groups -OCH3 is 1. The van der Waals surface area contributed by atoms with Gasteiger partial charge in [-0.05, 0) is 88.4 Å². The predicted octanol–water partition coefficient (Wildman–Crippen LogP) is 5.94. The lowest BCUT2D eigenvalue weighted by atomic mass is 9.95. The molecule has 11 nitrogen and oxygen atoms in total. The summed E-state index contributed by atoms with van der Waals surface area (Å²) < 4.78 is 14.8. The van der Waals surface area contributed by atoms with E-state index in [1.54, 1.807) is 11.7 Å². The van der Waals surface area contributed by atoms with Crippen molar-refractivity contribution < 1.29 is 19.1 Å². The van der Waals surface area contributed by atoms with Gasteiger partial charge in [-0.1, -0.05) is 36.4 Å². The highest BCUT2D eigenvalue weighted by molar-refractivity contribution is 5.79. The Kier molecular flexibility index (Phi) is 10.2. The van der Waals surface area contributed by atoms with E-state index in [-0.39, 0.29) is 23.9 Å². The molecule has 2 amide bonds. The normalized spacial score (nSPS) is 15.8. The Hall–Kier alpha value is -4.90. The molecule has 11 heteroatoms. The second kappa shape index (κ2) is 14.7. The van der Waals surface area contributed by atoms with Crippen molar-refractivity contribution in [1.82, 2.24) is 29.3 Å². The molecule has 49 heavy (non-hydrogen) atoms. The Bertz CT molecular complexity index is 1970. The van der Waals surface area contributed by atoms with Gasteiger partial charge in [0.05, 0.1) is 27.8 Å². The highest BCUT2D eigenvalue weighted by Gasteiger charge is 2.30. The maximum atomic E-state index is 13.9. The third kappa shape index (κ3) is 8.05. The summed E-state index contributed by atoms with van der Waals surface area (Å²) >= 11 is 0. The fourth-order valence-electron chi connectivity index (χ4n) is 6.79. The lowest BCUT2D eigenvalue weighted by Gasteiger charge is -2.34. The maximum Gasteiger partial charge on any atom is 0.407 e. The summed E-state index contributed by atoms with van der Waals surface area (Å²) in [6.45, 7) is 8.13. The number of nitrogens with zero attached hydrogens (tertiary/aromatic N) is 4. The quantitative estimate of drug-likeness (QED) is 0.168. The van der Waals surface area contributed by atoms with Crippen molar-refractivity contribution in [3.63, 3.8) is 0 Å². The number of H-pyrrole nitrogens is 1. The van der Waals surface area contributed by atoms with Gasteiger partial charge in [-0.25, -0.2) is 14.6 Å². The Morgan fingerprint density at radius 3 is 2.51 bits per heavy atom. The number of nitrogens with one attached hydrogen (secondary N) is 2. The number of amides is 2. The van der Waals surface area contributed by atoms with Gasteiger partial charge in [0, 0.05) is 51.7 Å². The maximum absolute atomic E-state index is 13.9. The average molecular weight is 667 g/mol. The van der Waals surface area contributed by atoms with Gasteiger partial charge in [-0.2, -0.15) is 0 Å². The van der Waals surface area contributed by atoms with Crippen molar-refractivity contribution in [2.24, 2.45) is 0 Å². The van der Waals surface area contributed by atoms with Crippen molar-refractivity contribution in [2.45, 2.75) is 77.0 Å². The van der Waals surface area contributed by atoms with Gasteiger partial charge in [-0.3, -0.25) is 9.36 Å². The number of hydrogen-bond acceptors (Lipinski definition) is 6. The Balaban J connectivity index is 1.19. The molecule has 0 bridgehead atoms. The van der Waals surface area contributed by atoms with Gasteiger partial charge in [0.1, 0.15) is 11.4 Å². The number of likely N-dealkylation sites (tertiary alicyclic amines) is 1. The molecule has 0 unspecified atom stereocenters. The zero-order chi connectivity index (χ0) is 34.5. The Morgan fingerprint density at radius 1 is 1.02 bits per heavy atom. The molecule has 2 atom stereocenters. The largest absolute Gasteiger partial charge is 0.444 e. The molecule has 6 rings (SSSR count). The van der Waals surface area contributed by atoms with E-state index < -0.39 is 17.7 Å². The van der Waals surface area contributed by atoms with Gasteiger partial charge >= 0.3 is 11.8 Å². The van der Waals surface area contributed by atoms with E-state index in [4.69, 9.17) is 14.5 Å². The molecule has 0 aliphatic carbocycles. The third-order valence-electron chi connectivity index (χ3n) is 8.96. The third-order valence-corrected chi connectivity index (χ3v) is 8.96. The minimum Gasteiger partial charge on any atom is -0.444 e. The first-order chi connectivity index (χ1) is 23.6. The molecule has 258 valence electrons. The summed E-state index contributed by atoms with van der Waals surface area (Å²) in [5.74, 6) is 1.09. The first-order valence-electron chi connectivity index (χ1n) is 17.1. The van der Waals surface area contributed by atoms with E-state index in [0.29, 0.717) is 26.1 Å². The van der Waals surface area contributed by atoms with E-state index in [0.717, 1.165) is 64.9 Å². The van der Waals surface area contributed by atoms with Gasteiger partial charge < -0.3 is 29.2 Å². The van der Waals surface area contributed by atoms with Crippen LogP contribution in [-0.4, -0.2) is 74.5 Å². The first-order valence-corrected chi connectivity index (χ1v) is 17.1. The molecular weight excluding hydrogens is 620 g/mol. The number of alkyl carbamates (subject to hydrolysis) is 1. The molecule has 1 fully saturated rings. The molecular formula is C38H46N6O5. The zero-order valence-corrected chi connectivity index (χ0v) is 28.8. The first kappa shape index (κ1) is 34.0. The van der Waals surface area contributed by atoms with E-state index >= 15 is 0 Å². The molecule has 5 aromatic rings. The van der Waals surface area contributed by atoms with E-state index in [1.807, 2.05) is 92.4 Å². The van der Waals surface area contributed by atoms with Crippen LogP contribution in [0.1, 0.15) is 63.8 Å². The van der Waals surface area contributed by atoms with Gasteiger partial charge in [0.25, 0.3) is 0 Å². The van der Waals surface area contributed by atoms with E-state index in [1.165, 1.54) is 0 Å². The zero-order valence-electron chi connectivity index (χ0n) is 28.8. The fourth-order valence-corrected chi connectivity index (χ4v) is 6.79. The molecule has 1 saturated heterocycles. The van der Waals surface area contributed by atoms with Crippen LogP contribution in [0.3, 0.4) is 0 Å². The molecule has 3 heterocycles. The predicted molar refractivity (Wildman–Crippen MR) is 190 cm³/mol. The number of rotatable bonds is 11. The number of aromatic nitrogens is 4. The Morgan fingerprint density at radius 2 is 1.76 bits per heavy atom. The van der Waals surface area contributed by atoms with Crippen LogP contribution < -0.4 is 11.0 Å². The van der Waals surface area contributed by atoms with Crippen molar-refractivity contribution >= 4 is 34.1 Å². The van der Waals surface area contributed by atoms with E-state index in [9.17, 15) is 14.4 Å². The van der Waals surface area contributed by atoms with Crippen LogP contribution in [0.25, 0.3) is 27.8 Å². The summed E-state index contributed by atoms with van der Waals surface area (Å²) in [6.07, 6.45) is 2.67. The lowest BCUT2D eigenvalue weighted by molar-refractivity contribution is -0.133. The smallest absolute Gasteiger partial charge is 0.407 e. The minimum atomic E-state index is -0.679. The summed E-state index contributed by atoms with van der Waals surface area (Å²) in [7, 11) is 1.71. The molecule has 2 aromatic heterocycles. The van der Waals surface area contributed by atoms with Gasteiger partial charge in [-0.15, -0.1) is 0 Å². The fraction of sp³-hybridized carbons (Fsp3) is 0.421. The summed E-state index contributed by atoms with van der Waals surface area (Å²) in [4.78, 5) is 49.5. The number of ether oxygens (including phenoxy) is 2. The van der Waals surface area contributed by atoms with E-state index in [2.05, 4.69) is 20.9 Å². The standard InChI is InChI=1S/C38H46N6O5/c1-38(2,3)49-37(47)39-28(23-26-16-18-29(19-17-26)44-33-15-8-6-13-31(33)41-36(44)46)24-34(45)42-20-9-11-27(25-42)35-40-30-12-5-7-14-32(30)43(35)21-10-22-48-4/h5-8,12-19,27-28H,9-11,20-25H2,1-4H3,(H,39,47)(H,41,46)/t27-,28-/m1/s1. The van der Waals surface area contributed by atoms with Crippen LogP contribution in [-0.2, 0) is 27.2 Å². The highest BCUT2D eigenvalue weighted by Crippen LogP contribution is 2.30. The molecule has 0 radical (unpaired) electrons. The molecule has 1 aliphatic rings. The molecule has 0 spiro atoms. The highest BCUT2D eigenvalue weighted by atomic mass is 16.6. The summed E-state index contributed by atoms with van der Waals surface area (Å²) in [6, 6.07) is 22.9. The average Bonchev–Trinajstić information content (AvgIpc) is 3.61. The minimum absolute atomic E-state index is 0.0187. The van der Waals surface area contributed by atoms with Crippen molar-refractivity contribution in [3.8, 4) is 5.69 Å². The van der Waals surface area contributed by atoms with Crippen LogP contribution >= 0.6 is 0 Å². The van der Waals surface area contributed by atoms with Crippen LogP contribution in [0.4, 0.5) is 4.79 Å². The summed E-state index contributed by atoms with van der Waals surface area (Å²) in [5, 5.41) is 2.97. The number of aromatic amines is 1. The monoisotopic (exact) mass is 666 g/mol. The number of piperidine rings is 1. The van der Waals surface area contributed by atoms with Crippen LogP contribution in [0.5, 0.6) is 0 Å². The van der Waals surface area contributed by atoms with Crippen molar-refractivity contribution in [2.75, 3.05) is 26.8 Å². The number of benzene rings is 3. The number of fused-ring (bicyclic) bond motifs is 2. The molecule has 0 saturated carbocycles. The molecule has 3 aromatic carbocycles. The second-order valence-electron chi connectivity index (χ2n) is 13.8. The van der Waals surface area contributed by atoms with Gasteiger partial charge in [0.15, 0.2) is 0 Å². The van der Waals surface area contributed by atoms with Crippen molar-refractivity contribution in [3.05, 3.63) is 94.7 Å². The second-order valence-corrected chi connectivity index (χ2v) is 13.8. The molecule has 1 aliphatic heterocycles. The SMILES string of the molecule is COCCCn1c([C@@H]2CCCN(C(=O)C[C@@H](Cc3ccc(-n4c(=O)[nH]c5ccccc54)cc3)NC(=O)OC(C)(C)C)C2)nc2ccccc21. The van der Waals surface area contributed by atoms with Crippen LogP contribution in [0.2, 0.25) is 0 Å². The number of aryl methyl sites for hydroxylation is 1. The topological polar surface area (TPSA) is 123 Å². The summed E-state index contributed by atoms with van der Waals surface area (Å²) in [5.41, 5.74) is 4.37. The molecule has 2 N–H and O–H groups in total. The number of carbonyl (C=O) groups excluding carboxylic acids is 2. The Labute approximate surface area is 286 Å². The number of hydrogen-bond donors (Lipinski definition) is 2. The number of imidazole rings is 2. The number of carbonyl (C=O) groups is 2.